The van der Waals surface area contributed by atoms with Crippen LogP contribution in [-0.2, 0) is 19.8 Å². The number of imide groups is 1. The number of benzene rings is 3. The number of hydrogen-bond acceptors (Lipinski definition) is 10. The maximum absolute atomic E-state index is 15.8. The van der Waals surface area contributed by atoms with Crippen LogP contribution in [0, 0.1) is 34.7 Å². The summed E-state index contributed by atoms with van der Waals surface area (Å²) in [5.41, 5.74) is 2.08. The second kappa shape index (κ2) is 17.9. The van der Waals surface area contributed by atoms with E-state index in [0.717, 1.165) is 92.0 Å². The minimum atomic E-state index is -4.36. The number of pyridine rings is 1. The normalized spacial score (nSPS) is 21.2. The van der Waals surface area contributed by atoms with Crippen molar-refractivity contribution in [2.75, 3.05) is 80.0 Å². The predicted octanol–water partition coefficient (Wildman–Crippen LogP) is 5.40. The van der Waals surface area contributed by atoms with E-state index >= 15 is 13.2 Å². The molecule has 2 aromatic heterocycles. The number of amides is 3. The number of carbonyl (C=O) groups is 4. The van der Waals surface area contributed by atoms with Gasteiger partial charge in [0.25, 0.3) is 5.91 Å². The highest BCUT2D eigenvalue weighted by atomic mass is 32.2. The van der Waals surface area contributed by atoms with Gasteiger partial charge in [-0.3, -0.25) is 29.2 Å². The average molecular weight is 956 g/mol. The molecular formula is C48H49F4N9O6S. The fraction of sp³-hybridized carbons (Fsp3) is 0.396. The molecule has 0 saturated carbocycles. The van der Waals surface area contributed by atoms with Gasteiger partial charge >= 0.3 is 10.2 Å². The van der Waals surface area contributed by atoms with Gasteiger partial charge in [0.1, 0.15) is 23.5 Å². The number of piperidine rings is 2. The third-order valence-electron chi connectivity index (χ3n) is 14.1. The summed E-state index contributed by atoms with van der Waals surface area (Å²) in [5, 5.41) is 5.21. The lowest BCUT2D eigenvalue weighted by molar-refractivity contribution is -0.136. The van der Waals surface area contributed by atoms with Gasteiger partial charge in [-0.2, -0.15) is 12.7 Å². The number of nitrogens with zero attached hydrogens (tertiary/aromatic N) is 5. The number of carbonyl (C=O) groups excluding carboxylic acids is 4. The van der Waals surface area contributed by atoms with Gasteiger partial charge in [0.15, 0.2) is 5.82 Å². The van der Waals surface area contributed by atoms with Gasteiger partial charge in [-0.25, -0.2) is 22.5 Å². The molecule has 5 saturated heterocycles. The molecule has 3 amide bonds. The molecule has 2 atom stereocenters. The van der Waals surface area contributed by atoms with Crippen molar-refractivity contribution in [3.8, 4) is 11.1 Å². The first-order valence-corrected chi connectivity index (χ1v) is 24.2. The summed E-state index contributed by atoms with van der Waals surface area (Å²) in [7, 11) is -4.36. The van der Waals surface area contributed by atoms with Gasteiger partial charge in [-0.1, -0.05) is 12.1 Å². The van der Waals surface area contributed by atoms with Crippen molar-refractivity contribution < 1.29 is 45.2 Å². The standard InChI is InChI=1S/C48H49F4N9O6S/c49-32-13-16-61(23-32)68(66,67)57-40-9-8-38(50)42(43(40)52)44(63)37-21-54-45-36(37)17-31(20-53-45)29-1-4-33(5-2-29)59-14-11-28(12-15-59)22-58-24-48(25-58)26-60(27-48)34-6-7-35(39(51)18-34)47(65)55-19-30-3-10-41(62)56-46(30)64/h1-2,4-9,17-18,20-21,28,30,32,57H,3,10-16,19,22-27H2,(H,53,54)(H,55,65)(H,56,62,64)/t30-,32+/m0/s1. The van der Waals surface area contributed by atoms with Crippen LogP contribution in [0.5, 0.6) is 0 Å². The predicted molar refractivity (Wildman–Crippen MR) is 246 cm³/mol. The number of likely N-dealkylation sites (tertiary alicyclic amines) is 1. The molecule has 3 aromatic carbocycles. The molecule has 0 bridgehead atoms. The molecule has 4 N–H and O–H groups in total. The number of aromatic nitrogens is 2. The van der Waals surface area contributed by atoms with Crippen LogP contribution in [0.4, 0.5) is 34.6 Å². The van der Waals surface area contributed by atoms with Gasteiger partial charge in [0, 0.05) is 118 Å². The summed E-state index contributed by atoms with van der Waals surface area (Å²) in [5.74, 6) is -5.52. The average Bonchev–Trinajstić information content (AvgIpc) is 3.94. The van der Waals surface area contributed by atoms with E-state index in [1.165, 1.54) is 18.3 Å². The Morgan fingerprint density at radius 2 is 1.57 bits per heavy atom. The summed E-state index contributed by atoms with van der Waals surface area (Å²) in [4.78, 5) is 64.2. The number of alkyl halides is 1. The Balaban J connectivity index is 0.698. The first kappa shape index (κ1) is 45.4. The summed E-state index contributed by atoms with van der Waals surface area (Å²) < 4.78 is 88.2. The number of rotatable bonds is 13. The maximum atomic E-state index is 15.8. The van der Waals surface area contributed by atoms with Crippen LogP contribution in [0.3, 0.4) is 0 Å². The highest BCUT2D eigenvalue weighted by Gasteiger charge is 2.52. The Labute approximate surface area is 389 Å². The summed E-state index contributed by atoms with van der Waals surface area (Å²) in [6.07, 6.45) is 4.23. The van der Waals surface area contributed by atoms with Crippen LogP contribution in [0.25, 0.3) is 22.2 Å². The van der Waals surface area contributed by atoms with Crippen molar-refractivity contribution in [3.05, 3.63) is 107 Å². The van der Waals surface area contributed by atoms with E-state index in [-0.39, 0.29) is 48.4 Å². The molecule has 7 heterocycles. The largest absolute Gasteiger partial charge is 0.372 e. The van der Waals surface area contributed by atoms with E-state index < -0.39 is 75.1 Å². The molecule has 0 aliphatic carbocycles. The number of aromatic amines is 1. The van der Waals surface area contributed by atoms with Crippen LogP contribution in [0.2, 0.25) is 0 Å². The van der Waals surface area contributed by atoms with E-state index in [4.69, 9.17) is 0 Å². The minimum Gasteiger partial charge on any atom is -0.372 e. The molecule has 356 valence electrons. The lowest BCUT2D eigenvalue weighted by Gasteiger charge is -2.61. The molecule has 15 nitrogen and oxygen atoms in total. The van der Waals surface area contributed by atoms with Crippen molar-refractivity contribution in [2.24, 2.45) is 17.3 Å². The molecule has 0 unspecified atom stereocenters. The van der Waals surface area contributed by atoms with Gasteiger partial charge in [0.05, 0.1) is 22.7 Å². The van der Waals surface area contributed by atoms with E-state index in [0.29, 0.717) is 28.9 Å². The Hall–Kier alpha value is -6.38. The van der Waals surface area contributed by atoms with Crippen LogP contribution in [0.15, 0.2) is 73.1 Å². The molecule has 20 heteroatoms. The van der Waals surface area contributed by atoms with Gasteiger partial charge < -0.3 is 25.0 Å². The fourth-order valence-corrected chi connectivity index (χ4v) is 11.6. The first-order valence-electron chi connectivity index (χ1n) is 22.8. The third-order valence-corrected chi connectivity index (χ3v) is 15.5. The lowest BCUT2D eigenvalue weighted by atomic mass is 9.72. The zero-order valence-electron chi connectivity index (χ0n) is 36.9. The van der Waals surface area contributed by atoms with E-state index in [2.05, 4.69) is 35.3 Å². The van der Waals surface area contributed by atoms with Crippen molar-refractivity contribution in [1.82, 2.24) is 29.8 Å². The third kappa shape index (κ3) is 8.91. The van der Waals surface area contributed by atoms with Crippen molar-refractivity contribution in [3.63, 3.8) is 0 Å². The molecule has 1 spiro atoms. The smallest absolute Gasteiger partial charge is 0.301 e. The van der Waals surface area contributed by atoms with E-state index in [9.17, 15) is 32.0 Å². The van der Waals surface area contributed by atoms with Crippen LogP contribution in [-0.4, -0.2) is 123 Å². The Bertz CT molecular complexity index is 2930. The van der Waals surface area contributed by atoms with Crippen molar-refractivity contribution in [1.29, 1.82) is 0 Å². The van der Waals surface area contributed by atoms with E-state index in [1.807, 2.05) is 29.0 Å². The summed E-state index contributed by atoms with van der Waals surface area (Å²) in [6.45, 7) is 5.98. The van der Waals surface area contributed by atoms with Crippen LogP contribution < -0.4 is 25.2 Å². The van der Waals surface area contributed by atoms with Crippen LogP contribution >= 0.6 is 0 Å². The fourth-order valence-electron chi connectivity index (χ4n) is 10.3. The Morgan fingerprint density at radius 3 is 2.28 bits per heavy atom. The molecule has 5 aromatic rings. The maximum Gasteiger partial charge on any atom is 0.301 e. The second-order valence-electron chi connectivity index (χ2n) is 18.8. The van der Waals surface area contributed by atoms with Gasteiger partial charge in [-0.05, 0) is 85.7 Å². The monoisotopic (exact) mass is 955 g/mol. The number of anilines is 3. The minimum absolute atomic E-state index is 0.00100. The zero-order valence-corrected chi connectivity index (χ0v) is 37.7. The molecule has 5 aliphatic heterocycles. The number of nitrogens with one attached hydrogen (secondary N) is 4. The van der Waals surface area contributed by atoms with Gasteiger partial charge in [-0.15, -0.1) is 0 Å². The van der Waals surface area contributed by atoms with Gasteiger partial charge in [0.2, 0.25) is 17.6 Å². The highest BCUT2D eigenvalue weighted by Crippen LogP contribution is 2.43. The number of halogens is 4. The molecule has 68 heavy (non-hydrogen) atoms. The van der Waals surface area contributed by atoms with Crippen molar-refractivity contribution >= 4 is 61.8 Å². The molecule has 0 radical (unpaired) electrons. The quantitative estimate of drug-likeness (QED) is 0.0679. The number of fused-ring (bicyclic) bond motifs is 1. The Kier molecular flexibility index (Phi) is 12.0. The second-order valence-corrected chi connectivity index (χ2v) is 20.5. The summed E-state index contributed by atoms with van der Waals surface area (Å²) in [6, 6.07) is 16.0. The van der Waals surface area contributed by atoms with Crippen molar-refractivity contribution in [2.45, 2.75) is 38.3 Å². The number of ketones is 1. The number of hydrogen-bond donors (Lipinski definition) is 4. The molecular weight excluding hydrogens is 907 g/mol. The lowest BCUT2D eigenvalue weighted by Crippen LogP contribution is -2.72. The summed E-state index contributed by atoms with van der Waals surface area (Å²) >= 11 is 0. The molecule has 5 aliphatic rings. The highest BCUT2D eigenvalue weighted by molar-refractivity contribution is 7.90. The SMILES string of the molecule is O=C1CC[C@@H](CNC(=O)c2ccc(N3CC4(CN(CC5CCN(c6ccc(-c7cnc8[nH]cc(C(=O)c9c(F)ccc(NS(=O)(=O)N%10CC[C@@H](F)C%10)c9F)c8c7)cc6)CC5)C4)C3)cc2F)C(=O)N1. The zero-order chi connectivity index (χ0) is 47.5. The van der Waals surface area contributed by atoms with Crippen LogP contribution in [0.1, 0.15) is 58.4 Å². The molecule has 10 rings (SSSR count). The Morgan fingerprint density at radius 1 is 0.824 bits per heavy atom. The molecule has 5 fully saturated rings. The topological polar surface area (TPSA) is 180 Å². The first-order chi connectivity index (χ1) is 32.6. The number of H-pyrrole nitrogens is 1. The van der Waals surface area contributed by atoms with E-state index in [1.54, 1.807) is 18.3 Å².